The number of para-hydroxylation sites is 4. The highest BCUT2D eigenvalue weighted by Crippen LogP contribution is 2.41. The Kier molecular flexibility index (Phi) is 25.7. The molecule has 13 heterocycles. The number of piperidine rings is 4. The first-order chi connectivity index (χ1) is 63.2. The molecule has 27 heteroatoms. The van der Waals surface area contributed by atoms with Gasteiger partial charge >= 0.3 is 45.0 Å². The highest BCUT2D eigenvalue weighted by molar-refractivity contribution is 6.01. The number of aliphatic hydroxyl groups excluding tert-OH is 1. The molecule has 0 spiro atoms. The molecule has 5 N–H and O–H groups in total. The number of nitrogens with zero attached hydrogens (tertiary/aromatic N) is 5. The van der Waals surface area contributed by atoms with Gasteiger partial charge in [-0.1, -0.05) is 86.1 Å². The van der Waals surface area contributed by atoms with Crippen LogP contribution in [-0.2, 0) is 30.9 Å². The molecule has 8 aromatic heterocycles. The maximum Gasteiger partial charge on any atom is 0.344 e. The number of aliphatic hydroxyl groups is 1. The van der Waals surface area contributed by atoms with Gasteiger partial charge in [0.1, 0.15) is 67.7 Å². The Balaban J connectivity index is 0.000000117. The normalized spacial score (nSPS) is 16.2. The van der Waals surface area contributed by atoms with E-state index in [-0.39, 0.29) is 51.9 Å². The molecule has 0 atom stereocenters. The molecule has 0 bridgehead atoms. The topological polar surface area (TPSA) is 368 Å². The van der Waals surface area contributed by atoms with Crippen molar-refractivity contribution in [1.82, 2.24) is 24.5 Å². The number of aromatic hydroxyl groups is 4. The Morgan fingerprint density at radius 1 is 0.308 bits per heavy atom. The summed E-state index contributed by atoms with van der Waals surface area (Å²) >= 11 is 0. The van der Waals surface area contributed by atoms with E-state index in [1.165, 1.54) is 56.6 Å². The molecule has 0 unspecified atom stereocenters. The van der Waals surface area contributed by atoms with E-state index in [0.29, 0.717) is 181 Å². The summed E-state index contributed by atoms with van der Waals surface area (Å²) in [5, 5.41) is 57.0. The average molecular weight is 1760 g/mol. The molecule has 0 saturated carbocycles. The van der Waals surface area contributed by atoms with Crippen LogP contribution < -0.4 is 45.0 Å². The third-order valence-electron chi connectivity index (χ3n) is 25.9. The number of likely N-dealkylation sites (tertiary alicyclic amines) is 4. The summed E-state index contributed by atoms with van der Waals surface area (Å²) in [6.07, 6.45) is 11.1. The Bertz CT molecular complexity index is 7470. The number of morpholine rings is 1. The molecule has 16 aromatic rings. The second kappa shape index (κ2) is 38.3. The van der Waals surface area contributed by atoms with Crippen LogP contribution in [0.15, 0.2) is 268 Å². The molecule has 21 rings (SSSR count). The van der Waals surface area contributed by atoms with Gasteiger partial charge in [-0.2, -0.15) is 0 Å². The summed E-state index contributed by atoms with van der Waals surface area (Å²) in [6.45, 7) is 14.7. The number of hydrogen-bond donors (Lipinski definition) is 5. The lowest BCUT2D eigenvalue weighted by Gasteiger charge is -2.40. The maximum absolute atomic E-state index is 12.9. The molecule has 0 radical (unpaired) electrons. The number of phenols is 4. The molecule has 0 amide bonds. The van der Waals surface area contributed by atoms with Crippen molar-refractivity contribution in [1.29, 1.82) is 0 Å². The molecule has 666 valence electrons. The number of hydrogen-bond acceptors (Lipinski definition) is 27. The van der Waals surface area contributed by atoms with Gasteiger partial charge in [0.25, 0.3) is 0 Å². The van der Waals surface area contributed by atoms with Crippen LogP contribution in [0.3, 0.4) is 0 Å². The Labute approximate surface area is 741 Å². The van der Waals surface area contributed by atoms with Gasteiger partial charge in [-0.15, -0.1) is 0 Å². The fourth-order valence-electron chi connectivity index (χ4n) is 18.8. The van der Waals surface area contributed by atoms with Crippen LogP contribution in [0.25, 0.3) is 132 Å². The van der Waals surface area contributed by atoms with E-state index in [1.807, 2.05) is 54.6 Å². The summed E-state index contributed by atoms with van der Waals surface area (Å²) in [7, 11) is 0. The van der Waals surface area contributed by atoms with E-state index in [4.69, 9.17) is 40.1 Å². The molecule has 5 aliphatic heterocycles. The molecule has 5 saturated heterocycles. The fourth-order valence-corrected chi connectivity index (χ4v) is 18.8. The number of fused-ring (bicyclic) bond motifs is 8. The van der Waals surface area contributed by atoms with Crippen molar-refractivity contribution in [3.63, 3.8) is 0 Å². The summed E-state index contributed by atoms with van der Waals surface area (Å²) in [5.74, 6) is 1.45. The predicted octanol–water partition coefficient (Wildman–Crippen LogP) is 16.2. The molecular formula is C103H97N5O22. The summed E-state index contributed by atoms with van der Waals surface area (Å²) in [5.41, 5.74) is 3.70. The fraction of sp³-hybridized carbons (Fsp3) is 0.301. The van der Waals surface area contributed by atoms with E-state index in [0.717, 1.165) is 106 Å². The number of benzene rings is 8. The molecule has 27 nitrogen and oxygen atoms in total. The van der Waals surface area contributed by atoms with Gasteiger partial charge < -0.3 is 70.5 Å². The first-order valence-corrected chi connectivity index (χ1v) is 44.3. The predicted molar refractivity (Wildman–Crippen MR) is 496 cm³/mol. The monoisotopic (exact) mass is 1760 g/mol. The second-order valence-electron chi connectivity index (χ2n) is 34.3. The minimum Gasteiger partial charge on any atom is -0.507 e. The van der Waals surface area contributed by atoms with E-state index >= 15 is 0 Å². The third-order valence-corrected chi connectivity index (χ3v) is 25.9. The van der Waals surface area contributed by atoms with Crippen LogP contribution in [0.2, 0.25) is 0 Å². The van der Waals surface area contributed by atoms with Crippen LogP contribution in [0.5, 0.6) is 23.0 Å². The zero-order valence-electron chi connectivity index (χ0n) is 71.7. The first-order valence-electron chi connectivity index (χ1n) is 44.3. The van der Waals surface area contributed by atoms with E-state index in [9.17, 15) is 63.9 Å². The van der Waals surface area contributed by atoms with Gasteiger partial charge in [0.15, 0.2) is 0 Å². The molecule has 130 heavy (non-hydrogen) atoms. The van der Waals surface area contributed by atoms with Crippen LogP contribution in [0, 0.1) is 11.8 Å². The molecule has 8 aromatic carbocycles. The SMILES string of the molecule is CC1CCN(Cc2c(O)ccc3c(-c4cc5ccccc5oc4=O)cc(=O)oc23)CC1.O=c1cc(-c2cc3ccccc3oc2=O)c2ccc(O)c(CN3CCC(CCO)CC3)c2o1.O=c1cc(-c2cc3ccccc3oc2=O)c2ccc(O)c(CN3CCC(N4CCCCC4)CC3)c2o1.O=c1cc(-c2cc3ccccc3oc2=O)c2ccc(O)c(CN3CCOCC3)c2o1. The smallest absolute Gasteiger partial charge is 0.344 e. The van der Waals surface area contributed by atoms with Gasteiger partial charge in [-0.25, -0.2) is 38.4 Å². The van der Waals surface area contributed by atoms with Gasteiger partial charge in [0.05, 0.1) is 57.7 Å². The molecule has 0 aliphatic carbocycles. The van der Waals surface area contributed by atoms with Gasteiger partial charge in [0.2, 0.25) is 0 Å². The number of phenolic OH excluding ortho intramolecular Hbond substituents is 4. The summed E-state index contributed by atoms with van der Waals surface area (Å²) < 4.78 is 49.5. The standard InChI is InChI=1S/C29H30N2O5.C26H25NO6.C25H23NO5.C23H19NO6/c32-25-9-8-21-22(23-16-19-6-2-3-7-26(19)35-29(23)34)17-27(33)36-28(21)24(25)18-30-14-10-20(11-15-30)31-12-4-1-5-13-31;28-12-9-16-7-10-27(11-8-16)15-21-22(29)6-5-18-19(14-24(30)33-25(18)21)20-13-17-3-1-2-4-23(17)32-26(20)31;1-15-8-10-26(11-9-15)14-20-21(27)7-6-17-18(13-23(28)31-24(17)20)19-12-16-4-2-3-5-22(16)30-25(19)29;25-19-6-5-15-16(17-11-14-3-1-2-4-20(14)29-23(17)27)12-21(26)30-22(15)18(19)13-24-7-9-28-10-8-24/h2-3,6-9,16-17,20,32H,1,4-5,10-15,18H2;1-6,13-14,16,28-29H,7-12,15H2;2-7,12-13,15,27H,8-11,14H2,1H3;1-6,11-12,25H,7-10,13H2. The number of ether oxygens (including phenoxy) is 1. The van der Waals surface area contributed by atoms with Crippen molar-refractivity contribution in [2.75, 3.05) is 85.3 Å². The van der Waals surface area contributed by atoms with Crippen LogP contribution in [-0.4, -0.2) is 141 Å². The molecule has 5 fully saturated rings. The van der Waals surface area contributed by atoms with Crippen molar-refractivity contribution >= 4 is 87.8 Å². The van der Waals surface area contributed by atoms with Crippen molar-refractivity contribution in [3.8, 4) is 67.5 Å². The second-order valence-corrected chi connectivity index (χ2v) is 34.3. The molecule has 5 aliphatic rings. The summed E-state index contributed by atoms with van der Waals surface area (Å²) in [4.78, 5) is 113. The lowest BCUT2D eigenvalue weighted by atomic mass is 9.93. The third kappa shape index (κ3) is 18.8. The van der Waals surface area contributed by atoms with E-state index < -0.39 is 45.0 Å². The van der Waals surface area contributed by atoms with E-state index in [1.54, 1.807) is 115 Å². The lowest BCUT2D eigenvalue weighted by molar-refractivity contribution is 0.0339. The minimum atomic E-state index is -0.599. The van der Waals surface area contributed by atoms with Crippen molar-refractivity contribution < 1.29 is 65.6 Å². The summed E-state index contributed by atoms with van der Waals surface area (Å²) in [6, 6.07) is 54.7. The van der Waals surface area contributed by atoms with E-state index in [2.05, 4.69) is 31.4 Å². The quantitative estimate of drug-likeness (QED) is 0.0595. The van der Waals surface area contributed by atoms with Gasteiger partial charge in [-0.05, 0) is 219 Å². The van der Waals surface area contributed by atoms with Crippen LogP contribution in [0.1, 0.15) is 93.4 Å². The average Bonchev–Trinajstić information content (AvgIpc) is 0.769. The Hall–Kier alpha value is -13.6. The first kappa shape index (κ1) is 87.1. The lowest BCUT2D eigenvalue weighted by Crippen LogP contribution is -2.46. The van der Waals surface area contributed by atoms with Crippen molar-refractivity contribution in [2.45, 2.75) is 103 Å². The zero-order valence-corrected chi connectivity index (χ0v) is 71.7. The number of rotatable bonds is 15. The Morgan fingerprint density at radius 2 is 0.592 bits per heavy atom. The maximum atomic E-state index is 12.9. The van der Waals surface area contributed by atoms with Gasteiger partial charge in [-0.3, -0.25) is 19.6 Å². The van der Waals surface area contributed by atoms with Crippen LogP contribution >= 0.6 is 0 Å². The van der Waals surface area contributed by atoms with Crippen molar-refractivity contribution in [3.05, 3.63) is 300 Å². The van der Waals surface area contributed by atoms with Gasteiger partial charge in [0, 0.05) is 142 Å². The highest BCUT2D eigenvalue weighted by atomic mass is 16.5. The highest BCUT2D eigenvalue weighted by Gasteiger charge is 2.31. The van der Waals surface area contributed by atoms with Crippen LogP contribution in [0.4, 0.5) is 0 Å². The minimum absolute atomic E-state index is 0.0415. The zero-order chi connectivity index (χ0) is 89.8. The van der Waals surface area contributed by atoms with Crippen molar-refractivity contribution in [2.24, 2.45) is 11.8 Å². The molecular weight excluding hydrogens is 1660 g/mol. The largest absolute Gasteiger partial charge is 0.507 e. The Morgan fingerprint density at radius 3 is 0.900 bits per heavy atom.